The molecule has 0 amide bonds. The lowest BCUT2D eigenvalue weighted by molar-refractivity contribution is 0.685. The van der Waals surface area contributed by atoms with Gasteiger partial charge in [0.2, 0.25) is 0 Å². The molecule has 5 heterocycles. The second-order valence-electron chi connectivity index (χ2n) is 7.65. The van der Waals surface area contributed by atoms with Crippen LogP contribution >= 0.6 is 0 Å². The van der Waals surface area contributed by atoms with E-state index in [9.17, 15) is 4.79 Å². The topological polar surface area (TPSA) is 100 Å². The Balaban J connectivity index is 1.52. The van der Waals surface area contributed by atoms with Crippen LogP contribution in [-0.2, 0) is 13.0 Å². The van der Waals surface area contributed by atoms with Gasteiger partial charge in [-0.1, -0.05) is 0 Å². The molecule has 0 radical (unpaired) electrons. The number of aryl methyl sites for hydroxylation is 2. The van der Waals surface area contributed by atoms with Crippen LogP contribution in [0.2, 0.25) is 0 Å². The maximum Gasteiger partial charge on any atom is 0.274 e. The predicted molar refractivity (Wildman–Crippen MR) is 116 cm³/mol. The molecule has 0 atom stereocenters. The molecule has 0 unspecified atom stereocenters. The Hall–Kier alpha value is -4.12. The van der Waals surface area contributed by atoms with Gasteiger partial charge in [-0.3, -0.25) is 9.78 Å². The van der Waals surface area contributed by atoms with Gasteiger partial charge in [-0.05, 0) is 49.2 Å². The molecule has 0 aromatic carbocycles. The van der Waals surface area contributed by atoms with Crippen molar-refractivity contribution >= 4 is 11.5 Å². The molecule has 31 heavy (non-hydrogen) atoms. The van der Waals surface area contributed by atoms with Gasteiger partial charge in [-0.2, -0.15) is 9.78 Å². The average molecular weight is 409 g/mol. The van der Waals surface area contributed by atoms with E-state index >= 15 is 0 Å². The van der Waals surface area contributed by atoms with Crippen LogP contribution < -0.4 is 10.5 Å². The molecule has 8 nitrogen and oxygen atoms in total. The third-order valence-corrected chi connectivity index (χ3v) is 5.59. The number of nitriles is 1. The van der Waals surface area contributed by atoms with Crippen LogP contribution in [0.4, 0.5) is 5.82 Å². The second kappa shape index (κ2) is 7.29. The minimum Gasteiger partial charge on any atom is -0.350 e. The van der Waals surface area contributed by atoms with Crippen LogP contribution in [0.5, 0.6) is 0 Å². The summed E-state index contributed by atoms with van der Waals surface area (Å²) in [6, 6.07) is 11.1. The fraction of sp³-hybridized carbons (Fsp3) is 0.217. The summed E-state index contributed by atoms with van der Waals surface area (Å²) in [5.41, 5.74) is 6.63. The van der Waals surface area contributed by atoms with Crippen LogP contribution in [0.25, 0.3) is 16.8 Å². The van der Waals surface area contributed by atoms with Gasteiger partial charge >= 0.3 is 0 Å². The number of hydrogen-bond donors (Lipinski definition) is 0. The van der Waals surface area contributed by atoms with Crippen LogP contribution in [-0.4, -0.2) is 31.1 Å². The van der Waals surface area contributed by atoms with Gasteiger partial charge < -0.3 is 4.90 Å². The molecule has 152 valence electrons. The third-order valence-electron chi connectivity index (χ3n) is 5.59. The molecule has 0 saturated heterocycles. The molecule has 0 bridgehead atoms. The highest BCUT2D eigenvalue weighted by molar-refractivity contribution is 5.67. The van der Waals surface area contributed by atoms with Gasteiger partial charge in [0, 0.05) is 60.5 Å². The lowest BCUT2D eigenvalue weighted by atomic mass is 9.99. The monoisotopic (exact) mass is 409 g/mol. The highest BCUT2D eigenvalue weighted by atomic mass is 16.1. The average Bonchev–Trinajstić information content (AvgIpc) is 2.78. The Kier molecular flexibility index (Phi) is 4.44. The zero-order chi connectivity index (χ0) is 21.5. The molecule has 5 rings (SSSR count). The zero-order valence-electron chi connectivity index (χ0n) is 17.2. The van der Waals surface area contributed by atoms with E-state index in [-0.39, 0.29) is 5.56 Å². The molecule has 0 fully saturated rings. The first kappa shape index (κ1) is 18.9. The number of nitrogens with zero attached hydrogens (tertiary/aromatic N) is 7. The van der Waals surface area contributed by atoms with E-state index in [0.717, 1.165) is 52.4 Å². The van der Waals surface area contributed by atoms with Crippen molar-refractivity contribution in [3.8, 4) is 17.2 Å². The van der Waals surface area contributed by atoms with Crippen molar-refractivity contribution in [1.29, 1.82) is 5.26 Å². The molecule has 4 aromatic heterocycles. The summed E-state index contributed by atoms with van der Waals surface area (Å²) in [6.45, 7) is 5.30. The zero-order valence-corrected chi connectivity index (χ0v) is 17.2. The fourth-order valence-electron chi connectivity index (χ4n) is 4.04. The summed E-state index contributed by atoms with van der Waals surface area (Å²) < 4.78 is 1.35. The SMILES string of the molecule is Cc1cc2nccc(=O)n2nc1N1CCc2ncc(-c3ccc(C#N)nc3C)cc2C1. The molecule has 0 spiro atoms. The lowest BCUT2D eigenvalue weighted by Crippen LogP contribution is -2.33. The van der Waals surface area contributed by atoms with Crippen molar-refractivity contribution in [3.05, 3.63) is 81.3 Å². The van der Waals surface area contributed by atoms with Crippen molar-refractivity contribution in [3.63, 3.8) is 0 Å². The Morgan fingerprint density at radius 1 is 1.13 bits per heavy atom. The lowest BCUT2D eigenvalue weighted by Gasteiger charge is -2.30. The van der Waals surface area contributed by atoms with E-state index in [1.54, 1.807) is 6.07 Å². The van der Waals surface area contributed by atoms with Crippen molar-refractivity contribution in [1.82, 2.24) is 24.6 Å². The molecule has 8 heteroatoms. The van der Waals surface area contributed by atoms with Crippen molar-refractivity contribution in [2.45, 2.75) is 26.8 Å². The molecule has 0 aliphatic carbocycles. The van der Waals surface area contributed by atoms with Gasteiger partial charge in [-0.25, -0.2) is 9.97 Å². The van der Waals surface area contributed by atoms with E-state index in [4.69, 9.17) is 5.26 Å². The highest BCUT2D eigenvalue weighted by Crippen LogP contribution is 2.29. The number of pyridine rings is 2. The molecule has 1 aliphatic heterocycles. The summed E-state index contributed by atoms with van der Waals surface area (Å²) >= 11 is 0. The quantitative estimate of drug-likeness (QED) is 0.502. The Morgan fingerprint density at radius 3 is 2.81 bits per heavy atom. The van der Waals surface area contributed by atoms with Gasteiger partial charge in [0.1, 0.15) is 11.8 Å². The smallest absolute Gasteiger partial charge is 0.274 e. The Labute approximate surface area is 178 Å². The number of fused-ring (bicyclic) bond motifs is 2. The van der Waals surface area contributed by atoms with Crippen molar-refractivity contribution in [2.75, 3.05) is 11.4 Å². The van der Waals surface area contributed by atoms with Gasteiger partial charge in [0.05, 0.1) is 0 Å². The highest BCUT2D eigenvalue weighted by Gasteiger charge is 2.22. The summed E-state index contributed by atoms with van der Waals surface area (Å²) in [5.74, 6) is 0.773. The van der Waals surface area contributed by atoms with Crippen LogP contribution in [0.15, 0.2) is 47.5 Å². The first-order valence-corrected chi connectivity index (χ1v) is 10.00. The third kappa shape index (κ3) is 3.30. The first-order chi connectivity index (χ1) is 15.0. The summed E-state index contributed by atoms with van der Waals surface area (Å²) in [7, 11) is 0. The molecular formula is C23H19N7O. The summed E-state index contributed by atoms with van der Waals surface area (Å²) in [6.07, 6.45) is 4.17. The van der Waals surface area contributed by atoms with E-state index in [2.05, 4.69) is 37.1 Å². The Bertz CT molecular complexity index is 1430. The standard InChI is InChI=1S/C23H19N7O/c1-14-9-21-25-7-5-22(31)30(21)28-23(14)29-8-6-20-17(13-29)10-16(12-26-20)19-4-3-18(11-24)27-15(19)2/h3-5,7,9-10,12H,6,8,13H2,1-2H3. The largest absolute Gasteiger partial charge is 0.350 e. The number of hydrogen-bond acceptors (Lipinski definition) is 7. The van der Waals surface area contributed by atoms with Crippen LogP contribution in [0, 0.1) is 25.2 Å². The van der Waals surface area contributed by atoms with E-state index in [1.807, 2.05) is 32.2 Å². The molecular weight excluding hydrogens is 390 g/mol. The summed E-state index contributed by atoms with van der Waals surface area (Å²) in [5, 5.41) is 13.7. The summed E-state index contributed by atoms with van der Waals surface area (Å²) in [4.78, 5) is 27.7. The predicted octanol–water partition coefficient (Wildman–Crippen LogP) is 2.60. The normalized spacial score (nSPS) is 13.1. The van der Waals surface area contributed by atoms with Crippen LogP contribution in [0.3, 0.4) is 0 Å². The number of aromatic nitrogens is 5. The first-order valence-electron chi connectivity index (χ1n) is 10.00. The van der Waals surface area contributed by atoms with E-state index in [1.165, 1.54) is 16.8 Å². The van der Waals surface area contributed by atoms with Gasteiger partial charge in [-0.15, -0.1) is 5.10 Å². The second-order valence-corrected chi connectivity index (χ2v) is 7.65. The minimum absolute atomic E-state index is 0.198. The fourth-order valence-corrected chi connectivity index (χ4v) is 4.04. The van der Waals surface area contributed by atoms with Crippen LogP contribution in [0.1, 0.15) is 28.2 Å². The van der Waals surface area contributed by atoms with Crippen molar-refractivity contribution in [2.24, 2.45) is 0 Å². The van der Waals surface area contributed by atoms with E-state index in [0.29, 0.717) is 17.9 Å². The minimum atomic E-state index is -0.198. The molecule has 0 N–H and O–H groups in total. The van der Waals surface area contributed by atoms with E-state index < -0.39 is 0 Å². The maximum atomic E-state index is 12.2. The Morgan fingerprint density at radius 2 is 2.00 bits per heavy atom. The maximum absolute atomic E-state index is 12.2. The van der Waals surface area contributed by atoms with Gasteiger partial charge in [0.25, 0.3) is 5.56 Å². The van der Waals surface area contributed by atoms with Gasteiger partial charge in [0.15, 0.2) is 11.5 Å². The molecule has 1 aliphatic rings. The number of rotatable bonds is 2. The number of anilines is 1. The molecule has 0 saturated carbocycles. The molecule has 4 aromatic rings. The van der Waals surface area contributed by atoms with Crippen molar-refractivity contribution < 1.29 is 0 Å².